The fourth-order valence-corrected chi connectivity index (χ4v) is 2.18. The zero-order valence-electron chi connectivity index (χ0n) is 11.7. The Balaban J connectivity index is 2.21. The summed E-state index contributed by atoms with van der Waals surface area (Å²) in [5, 5.41) is 11.6. The number of aryl methyl sites for hydroxylation is 1. The minimum Gasteiger partial charge on any atom is -0.409 e. The molecule has 1 aliphatic rings. The van der Waals surface area contributed by atoms with Crippen LogP contribution in [-0.2, 0) is 6.54 Å². The van der Waals surface area contributed by atoms with E-state index in [2.05, 4.69) is 10.1 Å². The average molecular weight is 279 g/mol. The molecule has 20 heavy (non-hydrogen) atoms. The van der Waals surface area contributed by atoms with Crippen molar-refractivity contribution < 1.29 is 5.21 Å². The van der Waals surface area contributed by atoms with Gasteiger partial charge in [-0.15, -0.1) is 0 Å². The van der Waals surface area contributed by atoms with Gasteiger partial charge in [0.05, 0.1) is 0 Å². The van der Waals surface area contributed by atoms with Gasteiger partial charge in [0.15, 0.2) is 5.82 Å². The van der Waals surface area contributed by atoms with Crippen LogP contribution in [0.15, 0.2) is 22.3 Å². The van der Waals surface area contributed by atoms with Crippen molar-refractivity contribution in [1.82, 2.24) is 9.55 Å². The van der Waals surface area contributed by atoms with Gasteiger partial charge in [-0.3, -0.25) is 4.79 Å². The molecule has 0 atom stereocenters. The van der Waals surface area contributed by atoms with E-state index in [1.54, 1.807) is 17.0 Å². The van der Waals surface area contributed by atoms with E-state index >= 15 is 0 Å². The molecular formula is C13H21N5O2. The van der Waals surface area contributed by atoms with Crippen LogP contribution in [0.3, 0.4) is 0 Å². The van der Waals surface area contributed by atoms with Gasteiger partial charge in [-0.25, -0.2) is 4.98 Å². The first-order valence-corrected chi connectivity index (χ1v) is 6.95. The van der Waals surface area contributed by atoms with Crippen molar-refractivity contribution >= 4 is 11.7 Å². The lowest BCUT2D eigenvalue weighted by atomic mass is 10.3. The first kappa shape index (κ1) is 14.4. The average Bonchev–Trinajstić information content (AvgIpc) is 3.27. The molecule has 1 aromatic rings. The molecule has 0 radical (unpaired) electrons. The number of aromatic nitrogens is 2. The van der Waals surface area contributed by atoms with Crippen LogP contribution >= 0.6 is 0 Å². The number of nitrogens with zero attached hydrogens (tertiary/aromatic N) is 4. The molecule has 1 saturated carbocycles. The zero-order chi connectivity index (χ0) is 14.5. The molecule has 1 heterocycles. The number of nitrogens with two attached hydrogens (primary N) is 1. The molecule has 2 rings (SSSR count). The second-order valence-corrected chi connectivity index (χ2v) is 5.02. The highest BCUT2D eigenvalue weighted by Crippen LogP contribution is 2.29. The first-order valence-electron chi connectivity index (χ1n) is 6.95. The summed E-state index contributed by atoms with van der Waals surface area (Å²) < 4.78 is 1.68. The van der Waals surface area contributed by atoms with E-state index in [-0.39, 0.29) is 11.4 Å². The number of amidine groups is 1. The van der Waals surface area contributed by atoms with E-state index in [1.807, 2.05) is 11.8 Å². The van der Waals surface area contributed by atoms with Crippen molar-refractivity contribution in [3.8, 4) is 0 Å². The second-order valence-electron chi connectivity index (χ2n) is 5.02. The minimum absolute atomic E-state index is 0.0687. The van der Waals surface area contributed by atoms with Crippen LogP contribution in [0, 0.1) is 0 Å². The smallest absolute Gasteiger partial charge is 0.293 e. The second kappa shape index (κ2) is 6.40. The van der Waals surface area contributed by atoms with E-state index < -0.39 is 0 Å². The van der Waals surface area contributed by atoms with Gasteiger partial charge in [0, 0.05) is 37.9 Å². The number of hydrogen-bond acceptors (Lipinski definition) is 5. The summed E-state index contributed by atoms with van der Waals surface area (Å²) in [7, 11) is 0. The molecule has 3 N–H and O–H groups in total. The van der Waals surface area contributed by atoms with Gasteiger partial charge in [0.2, 0.25) is 0 Å². The van der Waals surface area contributed by atoms with Crippen LogP contribution in [0.5, 0.6) is 0 Å². The van der Waals surface area contributed by atoms with Crippen LogP contribution in [0.25, 0.3) is 0 Å². The monoisotopic (exact) mass is 279 g/mol. The number of hydrogen-bond donors (Lipinski definition) is 2. The molecule has 0 spiro atoms. The Morgan fingerprint density at radius 2 is 2.40 bits per heavy atom. The lowest BCUT2D eigenvalue weighted by molar-refractivity contribution is 0.317. The third-order valence-electron chi connectivity index (χ3n) is 3.36. The van der Waals surface area contributed by atoms with Crippen LogP contribution < -0.4 is 16.2 Å². The van der Waals surface area contributed by atoms with Crippen LogP contribution in [-0.4, -0.2) is 33.2 Å². The molecule has 0 saturated heterocycles. The summed E-state index contributed by atoms with van der Waals surface area (Å²) in [5.41, 5.74) is 5.44. The van der Waals surface area contributed by atoms with Gasteiger partial charge in [-0.2, -0.15) is 0 Å². The highest BCUT2D eigenvalue weighted by Gasteiger charge is 2.31. The van der Waals surface area contributed by atoms with Crippen LogP contribution in [0.2, 0.25) is 0 Å². The molecule has 1 fully saturated rings. The van der Waals surface area contributed by atoms with Gasteiger partial charge in [0.25, 0.3) is 5.56 Å². The minimum atomic E-state index is -0.0687. The molecule has 0 bridgehead atoms. The predicted octanol–water partition coefficient (Wildman–Crippen LogP) is 0.759. The van der Waals surface area contributed by atoms with Crippen molar-refractivity contribution in [1.29, 1.82) is 0 Å². The summed E-state index contributed by atoms with van der Waals surface area (Å²) in [5.74, 6) is 0.634. The van der Waals surface area contributed by atoms with E-state index in [9.17, 15) is 4.79 Å². The summed E-state index contributed by atoms with van der Waals surface area (Å²) in [6.07, 6.45) is 6.79. The maximum absolute atomic E-state index is 12.4. The molecule has 0 aliphatic heterocycles. The van der Waals surface area contributed by atoms with Crippen molar-refractivity contribution in [2.75, 3.05) is 11.4 Å². The molecule has 0 unspecified atom stereocenters. The fourth-order valence-electron chi connectivity index (χ4n) is 2.18. The summed E-state index contributed by atoms with van der Waals surface area (Å²) in [4.78, 5) is 18.6. The number of anilines is 1. The topological polar surface area (TPSA) is 96.7 Å². The zero-order valence-corrected chi connectivity index (χ0v) is 11.7. The maximum atomic E-state index is 12.4. The highest BCUT2D eigenvalue weighted by molar-refractivity contribution is 5.80. The van der Waals surface area contributed by atoms with Gasteiger partial charge in [-0.05, 0) is 19.3 Å². The molecule has 7 heteroatoms. The Morgan fingerprint density at radius 3 is 3.00 bits per heavy atom. The lowest BCUT2D eigenvalue weighted by Crippen LogP contribution is -2.37. The third-order valence-corrected chi connectivity index (χ3v) is 3.36. The SMILES string of the molecule is CCCn1ccnc(N(CCC(N)=NO)C2CC2)c1=O. The van der Waals surface area contributed by atoms with Gasteiger partial charge >= 0.3 is 0 Å². The van der Waals surface area contributed by atoms with E-state index in [0.717, 1.165) is 19.3 Å². The molecule has 0 amide bonds. The van der Waals surface area contributed by atoms with Crippen molar-refractivity contribution in [3.63, 3.8) is 0 Å². The van der Waals surface area contributed by atoms with Crippen LogP contribution in [0.1, 0.15) is 32.6 Å². The van der Waals surface area contributed by atoms with E-state index in [0.29, 0.717) is 31.4 Å². The van der Waals surface area contributed by atoms with Gasteiger partial charge < -0.3 is 20.4 Å². The quantitative estimate of drug-likeness (QED) is 0.332. The fraction of sp³-hybridized carbons (Fsp3) is 0.615. The Morgan fingerprint density at radius 1 is 1.65 bits per heavy atom. The van der Waals surface area contributed by atoms with Gasteiger partial charge in [-0.1, -0.05) is 12.1 Å². The Kier molecular flexibility index (Phi) is 4.60. The molecular weight excluding hydrogens is 258 g/mol. The van der Waals surface area contributed by atoms with Crippen molar-refractivity contribution in [3.05, 3.63) is 22.7 Å². The normalized spacial score (nSPS) is 15.3. The first-order chi connectivity index (χ1) is 9.67. The Labute approximate surface area is 117 Å². The summed E-state index contributed by atoms with van der Waals surface area (Å²) >= 11 is 0. The molecule has 110 valence electrons. The molecule has 0 aromatic carbocycles. The summed E-state index contributed by atoms with van der Waals surface area (Å²) in [6.45, 7) is 3.26. The van der Waals surface area contributed by atoms with E-state index in [1.165, 1.54) is 0 Å². The Bertz CT molecular complexity index is 536. The van der Waals surface area contributed by atoms with Crippen molar-refractivity contribution in [2.45, 2.75) is 45.2 Å². The standard InChI is InChI=1S/C13H21N5O2/c1-2-7-17-9-6-15-12(13(17)19)18(10-3-4-10)8-5-11(14)16-20/h6,9-10,20H,2-5,7-8H2,1H3,(H2,14,16). The Hall–Kier alpha value is -2.05. The molecule has 1 aliphatic carbocycles. The van der Waals surface area contributed by atoms with E-state index in [4.69, 9.17) is 10.9 Å². The molecule has 7 nitrogen and oxygen atoms in total. The largest absolute Gasteiger partial charge is 0.409 e. The predicted molar refractivity (Wildman–Crippen MR) is 77.2 cm³/mol. The third kappa shape index (κ3) is 3.28. The summed E-state index contributed by atoms with van der Waals surface area (Å²) in [6, 6.07) is 0.346. The van der Waals surface area contributed by atoms with Gasteiger partial charge in [0.1, 0.15) is 5.84 Å². The molecule has 1 aromatic heterocycles. The lowest BCUT2D eigenvalue weighted by Gasteiger charge is -2.23. The number of oxime groups is 1. The van der Waals surface area contributed by atoms with Crippen molar-refractivity contribution in [2.24, 2.45) is 10.9 Å². The number of rotatable bonds is 7. The van der Waals surface area contributed by atoms with Crippen LogP contribution in [0.4, 0.5) is 5.82 Å². The highest BCUT2D eigenvalue weighted by atomic mass is 16.4. The maximum Gasteiger partial charge on any atom is 0.293 e.